The minimum atomic E-state index is 0.956. The molecular formula is C27H19N. The first-order valence-corrected chi connectivity index (χ1v) is 9.77. The Morgan fingerprint density at radius 3 is 2.18 bits per heavy atom. The number of aromatic amines is 1. The van der Waals surface area contributed by atoms with Gasteiger partial charge in [0.2, 0.25) is 0 Å². The smallest absolute Gasteiger partial charge is 0.0513 e. The summed E-state index contributed by atoms with van der Waals surface area (Å²) in [6, 6.07) is 17.4. The van der Waals surface area contributed by atoms with Gasteiger partial charge in [0.05, 0.1) is 5.35 Å². The van der Waals surface area contributed by atoms with Crippen LogP contribution in [0.15, 0.2) is 103 Å². The maximum absolute atomic E-state index is 3.76. The van der Waals surface area contributed by atoms with Gasteiger partial charge in [-0.3, -0.25) is 0 Å². The fourth-order valence-corrected chi connectivity index (χ4v) is 4.65. The van der Waals surface area contributed by atoms with Crippen molar-refractivity contribution in [1.82, 2.24) is 4.98 Å². The lowest BCUT2D eigenvalue weighted by atomic mass is 9.98. The van der Waals surface area contributed by atoms with Crippen molar-refractivity contribution in [1.29, 1.82) is 0 Å². The van der Waals surface area contributed by atoms with E-state index in [1.165, 1.54) is 54.9 Å². The molecule has 0 saturated carbocycles. The van der Waals surface area contributed by atoms with Crippen LogP contribution in [0.5, 0.6) is 0 Å². The molecule has 2 aromatic carbocycles. The molecule has 0 aliphatic heterocycles. The van der Waals surface area contributed by atoms with E-state index in [1.54, 1.807) is 0 Å². The van der Waals surface area contributed by atoms with Gasteiger partial charge in [-0.05, 0) is 39.5 Å². The van der Waals surface area contributed by atoms with Crippen molar-refractivity contribution in [3.8, 4) is 0 Å². The van der Waals surface area contributed by atoms with Crippen LogP contribution in [0.2, 0.25) is 0 Å². The van der Waals surface area contributed by atoms with E-state index in [0.717, 1.165) is 6.42 Å². The summed E-state index contributed by atoms with van der Waals surface area (Å²) in [5.41, 5.74) is 9.28. The summed E-state index contributed by atoms with van der Waals surface area (Å²) in [4.78, 5) is 3.76. The van der Waals surface area contributed by atoms with Crippen molar-refractivity contribution in [3.05, 3.63) is 124 Å². The van der Waals surface area contributed by atoms with Crippen LogP contribution in [0, 0.1) is 0 Å². The lowest BCUT2D eigenvalue weighted by Crippen LogP contribution is -2.27. The van der Waals surface area contributed by atoms with Gasteiger partial charge in [0, 0.05) is 22.5 Å². The predicted molar refractivity (Wildman–Crippen MR) is 118 cm³/mol. The molecular weight excluding hydrogens is 338 g/mol. The van der Waals surface area contributed by atoms with Crippen LogP contribution in [0.4, 0.5) is 0 Å². The first-order valence-electron chi connectivity index (χ1n) is 9.77. The zero-order chi connectivity index (χ0) is 18.5. The Kier molecular flexibility index (Phi) is 3.30. The molecule has 0 bridgehead atoms. The fourth-order valence-electron chi connectivity index (χ4n) is 4.65. The van der Waals surface area contributed by atoms with Crippen molar-refractivity contribution < 1.29 is 0 Å². The normalized spacial score (nSPS) is 18.9. The Balaban J connectivity index is 1.83. The van der Waals surface area contributed by atoms with Gasteiger partial charge in [-0.1, -0.05) is 91.1 Å². The standard InChI is InChI=1S/C27H19N/c1-2-10-18(9-1)25-21-14-6-5-13-20(21)17-23(25)27-26(19-11-3-4-12-19)22-15-7-8-16-24(22)28-27/h1-16,28H,17H2/b27-23-. The van der Waals surface area contributed by atoms with E-state index in [-0.39, 0.29) is 0 Å². The minimum absolute atomic E-state index is 0.956. The summed E-state index contributed by atoms with van der Waals surface area (Å²) in [5.74, 6) is 0. The Hall–Kier alpha value is -3.58. The van der Waals surface area contributed by atoms with Gasteiger partial charge in [0.1, 0.15) is 0 Å². The summed E-state index contributed by atoms with van der Waals surface area (Å²) in [5, 5.41) is 3.85. The monoisotopic (exact) mass is 357 g/mol. The summed E-state index contributed by atoms with van der Waals surface area (Å²) >= 11 is 0. The van der Waals surface area contributed by atoms with Crippen LogP contribution in [0.25, 0.3) is 27.6 Å². The molecule has 0 spiro atoms. The van der Waals surface area contributed by atoms with Crippen molar-refractivity contribution in [2.75, 3.05) is 0 Å². The lowest BCUT2D eigenvalue weighted by Gasteiger charge is -2.06. The van der Waals surface area contributed by atoms with Crippen LogP contribution >= 0.6 is 0 Å². The highest BCUT2D eigenvalue weighted by Crippen LogP contribution is 2.40. The van der Waals surface area contributed by atoms with Gasteiger partial charge < -0.3 is 4.98 Å². The fraction of sp³-hybridized carbons (Fsp3) is 0.0370. The average Bonchev–Trinajstić information content (AvgIpc) is 3.52. The highest BCUT2D eigenvalue weighted by molar-refractivity contribution is 6.07. The van der Waals surface area contributed by atoms with E-state index in [1.807, 2.05) is 0 Å². The van der Waals surface area contributed by atoms with Crippen LogP contribution in [0.3, 0.4) is 0 Å². The van der Waals surface area contributed by atoms with Gasteiger partial charge in [0.25, 0.3) is 0 Å². The Bertz CT molecular complexity index is 1390. The van der Waals surface area contributed by atoms with Crippen molar-refractivity contribution in [2.24, 2.45) is 0 Å². The maximum Gasteiger partial charge on any atom is 0.0513 e. The second-order valence-corrected chi connectivity index (χ2v) is 7.46. The van der Waals surface area contributed by atoms with Gasteiger partial charge >= 0.3 is 0 Å². The molecule has 0 unspecified atom stereocenters. The quantitative estimate of drug-likeness (QED) is 0.599. The van der Waals surface area contributed by atoms with Gasteiger partial charge in [-0.25, -0.2) is 0 Å². The molecule has 0 saturated heterocycles. The van der Waals surface area contributed by atoms with E-state index < -0.39 is 0 Å². The number of allylic oxidation sites excluding steroid dienone is 10. The van der Waals surface area contributed by atoms with Crippen molar-refractivity contribution in [2.45, 2.75) is 6.42 Å². The number of nitrogens with one attached hydrogen (secondary N) is 1. The molecule has 3 aliphatic rings. The highest BCUT2D eigenvalue weighted by atomic mass is 14.7. The van der Waals surface area contributed by atoms with Crippen LogP contribution in [-0.4, -0.2) is 4.98 Å². The van der Waals surface area contributed by atoms with Crippen LogP contribution in [-0.2, 0) is 6.42 Å². The molecule has 0 radical (unpaired) electrons. The zero-order valence-electron chi connectivity index (χ0n) is 15.4. The van der Waals surface area contributed by atoms with E-state index in [9.17, 15) is 0 Å². The van der Waals surface area contributed by atoms with Crippen LogP contribution < -0.4 is 10.6 Å². The molecule has 1 N–H and O–H groups in total. The number of hydrogen-bond acceptors (Lipinski definition) is 0. The largest absolute Gasteiger partial charge is 0.354 e. The predicted octanol–water partition coefficient (Wildman–Crippen LogP) is 4.73. The Labute approximate surface area is 163 Å². The van der Waals surface area contributed by atoms with Crippen LogP contribution in [0.1, 0.15) is 11.1 Å². The lowest BCUT2D eigenvalue weighted by molar-refractivity contribution is 1.27. The highest BCUT2D eigenvalue weighted by Gasteiger charge is 2.25. The van der Waals surface area contributed by atoms with Crippen molar-refractivity contribution >= 4 is 27.6 Å². The minimum Gasteiger partial charge on any atom is -0.354 e. The number of aromatic nitrogens is 1. The number of H-pyrrole nitrogens is 1. The third kappa shape index (κ3) is 2.20. The molecule has 6 rings (SSSR count). The second-order valence-electron chi connectivity index (χ2n) is 7.46. The molecule has 3 aromatic rings. The molecule has 1 nitrogen and oxygen atoms in total. The zero-order valence-corrected chi connectivity index (χ0v) is 15.4. The van der Waals surface area contributed by atoms with E-state index in [4.69, 9.17) is 0 Å². The Morgan fingerprint density at radius 1 is 0.679 bits per heavy atom. The maximum atomic E-state index is 3.76. The number of hydrogen-bond donors (Lipinski definition) is 1. The van der Waals surface area contributed by atoms with E-state index >= 15 is 0 Å². The third-order valence-electron chi connectivity index (χ3n) is 5.87. The summed E-state index contributed by atoms with van der Waals surface area (Å²) in [7, 11) is 0. The number of para-hydroxylation sites is 1. The number of benzene rings is 2. The first-order chi connectivity index (χ1) is 13.9. The van der Waals surface area contributed by atoms with Gasteiger partial charge in [-0.15, -0.1) is 0 Å². The van der Waals surface area contributed by atoms with Gasteiger partial charge in [-0.2, -0.15) is 0 Å². The van der Waals surface area contributed by atoms with Gasteiger partial charge in [0.15, 0.2) is 0 Å². The molecule has 28 heavy (non-hydrogen) atoms. The summed E-state index contributed by atoms with van der Waals surface area (Å²) in [6.45, 7) is 0. The molecule has 0 fully saturated rings. The number of rotatable bonds is 0. The summed E-state index contributed by atoms with van der Waals surface area (Å²) < 4.78 is 0. The molecule has 1 heterocycles. The first kappa shape index (κ1) is 15.5. The summed E-state index contributed by atoms with van der Waals surface area (Å²) in [6.07, 6.45) is 18.3. The molecule has 0 amide bonds. The molecule has 1 heteroatoms. The molecule has 3 aliphatic carbocycles. The molecule has 132 valence electrons. The van der Waals surface area contributed by atoms with Crippen molar-refractivity contribution in [3.63, 3.8) is 0 Å². The topological polar surface area (TPSA) is 15.8 Å². The SMILES string of the molecule is C1=CC(=C2/C(=c3\[nH]c4ccccc4c3=C3C=CC=C3)Cc3ccccc32)C=C1. The molecule has 0 atom stereocenters. The second kappa shape index (κ2) is 5.97. The van der Waals surface area contributed by atoms with E-state index in [2.05, 4.69) is 102 Å². The third-order valence-corrected chi connectivity index (χ3v) is 5.87. The average molecular weight is 357 g/mol. The Morgan fingerprint density at radius 2 is 1.36 bits per heavy atom. The molecule has 1 aromatic heterocycles. The van der Waals surface area contributed by atoms with E-state index in [0.29, 0.717) is 0 Å². The number of fused-ring (bicyclic) bond motifs is 2.